The predicted octanol–water partition coefficient (Wildman–Crippen LogP) is 5.36. The van der Waals surface area contributed by atoms with Gasteiger partial charge >= 0.3 is 0 Å². The number of primary amides is 1. The summed E-state index contributed by atoms with van der Waals surface area (Å²) in [5.41, 5.74) is 8.98. The minimum atomic E-state index is -0.573. The summed E-state index contributed by atoms with van der Waals surface area (Å²) < 4.78 is 12.7. The molecule has 2 unspecified atom stereocenters. The third-order valence-corrected chi connectivity index (χ3v) is 12.7. The number of thiophene rings is 2. The van der Waals surface area contributed by atoms with Gasteiger partial charge in [-0.05, 0) is 56.0 Å². The first-order chi connectivity index (χ1) is 22.8. The van der Waals surface area contributed by atoms with Crippen molar-refractivity contribution in [3.05, 3.63) is 58.3 Å². The number of ether oxygens (including phenoxy) is 1. The number of thiocarbonyl (C=S) groups is 1. The molecule has 0 aromatic carbocycles. The highest BCUT2D eigenvalue weighted by Crippen LogP contribution is 2.41. The van der Waals surface area contributed by atoms with Gasteiger partial charge in [0.25, 0.3) is 5.91 Å². The van der Waals surface area contributed by atoms with E-state index < -0.39 is 5.91 Å². The van der Waals surface area contributed by atoms with E-state index in [-0.39, 0.29) is 24.5 Å². The van der Waals surface area contributed by atoms with E-state index in [4.69, 9.17) is 27.7 Å². The lowest BCUT2D eigenvalue weighted by molar-refractivity contribution is -0.133. The maximum absolute atomic E-state index is 14.0. The average Bonchev–Trinajstić information content (AvgIpc) is 3.87. The molecule has 3 atom stereocenters. The van der Waals surface area contributed by atoms with Crippen molar-refractivity contribution >= 4 is 88.4 Å². The topological polar surface area (TPSA) is 133 Å². The van der Waals surface area contributed by atoms with Crippen molar-refractivity contribution in [1.29, 1.82) is 0 Å². The summed E-state index contributed by atoms with van der Waals surface area (Å²) in [5, 5.41) is 10.9. The van der Waals surface area contributed by atoms with E-state index in [1.165, 1.54) is 25.6 Å². The number of carbonyl (C=O) groups excluding carboxylic acids is 2. The lowest BCUT2D eigenvalue weighted by Crippen LogP contribution is -2.52. The van der Waals surface area contributed by atoms with Crippen molar-refractivity contribution < 1.29 is 14.3 Å². The van der Waals surface area contributed by atoms with Crippen molar-refractivity contribution in [2.24, 2.45) is 5.73 Å². The summed E-state index contributed by atoms with van der Waals surface area (Å²) in [5.74, 6) is -0.176. The van der Waals surface area contributed by atoms with E-state index in [9.17, 15) is 9.59 Å². The minimum absolute atomic E-state index is 0.0112. The first-order valence-corrected chi connectivity index (χ1v) is 18.5. The van der Waals surface area contributed by atoms with Crippen LogP contribution in [0.5, 0.6) is 0 Å². The van der Waals surface area contributed by atoms with E-state index >= 15 is 0 Å². The normalized spacial score (nSPS) is 20.4. The van der Waals surface area contributed by atoms with Gasteiger partial charge in [0, 0.05) is 63.7 Å². The van der Waals surface area contributed by atoms with Crippen molar-refractivity contribution in [1.82, 2.24) is 34.4 Å². The van der Waals surface area contributed by atoms with E-state index in [1.54, 1.807) is 32.8 Å². The fourth-order valence-corrected chi connectivity index (χ4v) is 10.4. The number of aryl methyl sites for hydroxylation is 1. The molecular formula is C32H32N8O3S4. The highest BCUT2D eigenvalue weighted by atomic mass is 32.1. The zero-order valence-electron chi connectivity index (χ0n) is 25.5. The Labute approximate surface area is 287 Å². The van der Waals surface area contributed by atoms with E-state index in [0.717, 1.165) is 36.2 Å². The molecule has 47 heavy (non-hydrogen) atoms. The molecule has 1 aliphatic heterocycles. The third kappa shape index (κ3) is 5.84. The SMILES string of the molecule is Cc1cc2ncc(-c3nc4c(s3)c(C(N)=O)cn4CC(=O)N3CCCOC[C@@H]3C(=S)NC3CCC(c4cc5sccc5s4)C3)cn2n1. The van der Waals surface area contributed by atoms with Gasteiger partial charge in [0.05, 0.1) is 22.6 Å². The molecule has 6 aromatic rings. The number of amides is 2. The smallest absolute Gasteiger partial charge is 0.251 e. The molecule has 2 amide bonds. The number of rotatable bonds is 7. The molecule has 8 rings (SSSR count). The Balaban J connectivity index is 1.01. The first-order valence-electron chi connectivity index (χ1n) is 15.6. The molecule has 6 aromatic heterocycles. The number of hydrogen-bond donors (Lipinski definition) is 2. The second-order valence-corrected chi connectivity index (χ2v) is 15.7. The fourth-order valence-electron chi connectivity index (χ4n) is 6.67. The third-order valence-electron chi connectivity index (χ3n) is 8.97. The summed E-state index contributed by atoms with van der Waals surface area (Å²) in [6.07, 6.45) is 9.10. The summed E-state index contributed by atoms with van der Waals surface area (Å²) in [6.45, 7) is 3.32. The van der Waals surface area contributed by atoms with Crippen LogP contribution in [-0.4, -0.2) is 77.7 Å². The summed E-state index contributed by atoms with van der Waals surface area (Å²) in [7, 11) is 0. The predicted molar refractivity (Wildman–Crippen MR) is 190 cm³/mol. The van der Waals surface area contributed by atoms with Crippen LogP contribution in [0.3, 0.4) is 0 Å². The average molecular weight is 705 g/mol. The van der Waals surface area contributed by atoms with Gasteiger partial charge in [0.15, 0.2) is 11.3 Å². The van der Waals surface area contributed by atoms with Crippen LogP contribution < -0.4 is 11.1 Å². The highest BCUT2D eigenvalue weighted by Gasteiger charge is 2.34. The van der Waals surface area contributed by atoms with E-state index in [1.807, 2.05) is 35.4 Å². The van der Waals surface area contributed by atoms with Gasteiger partial charge < -0.3 is 25.3 Å². The second kappa shape index (κ2) is 12.4. The molecule has 0 radical (unpaired) electrons. The Morgan fingerprint density at radius 3 is 2.94 bits per heavy atom. The molecular weight excluding hydrogens is 673 g/mol. The molecule has 2 fully saturated rings. The van der Waals surface area contributed by atoms with Crippen molar-refractivity contribution in [3.63, 3.8) is 0 Å². The number of nitrogens with one attached hydrogen (secondary N) is 1. The lowest BCUT2D eigenvalue weighted by atomic mass is 10.1. The summed E-state index contributed by atoms with van der Waals surface area (Å²) in [6, 6.07) is 6.31. The molecule has 11 nitrogen and oxygen atoms in total. The van der Waals surface area contributed by atoms with Crippen LogP contribution in [0.15, 0.2) is 42.2 Å². The molecule has 15 heteroatoms. The van der Waals surface area contributed by atoms with Crippen LogP contribution in [0.1, 0.15) is 52.5 Å². The van der Waals surface area contributed by atoms with E-state index in [0.29, 0.717) is 58.0 Å². The molecule has 3 N–H and O–H groups in total. The van der Waals surface area contributed by atoms with Crippen LogP contribution in [-0.2, 0) is 16.1 Å². The number of nitrogens with zero attached hydrogens (tertiary/aromatic N) is 6. The van der Waals surface area contributed by atoms with Gasteiger partial charge in [-0.3, -0.25) is 9.59 Å². The quantitative estimate of drug-likeness (QED) is 0.212. The number of fused-ring (bicyclic) bond motifs is 3. The molecule has 1 saturated heterocycles. The van der Waals surface area contributed by atoms with E-state index in [2.05, 4.69) is 32.9 Å². The molecule has 1 saturated carbocycles. The maximum atomic E-state index is 14.0. The fraction of sp³-hybridized carbons (Fsp3) is 0.375. The van der Waals surface area contributed by atoms with Crippen LogP contribution in [0.4, 0.5) is 0 Å². The van der Waals surface area contributed by atoms with Crippen LogP contribution in [0.25, 0.3) is 36.0 Å². The van der Waals surface area contributed by atoms with Crippen LogP contribution >= 0.6 is 46.2 Å². The molecule has 0 bridgehead atoms. The van der Waals surface area contributed by atoms with Crippen LogP contribution in [0, 0.1) is 6.92 Å². The first kappa shape index (κ1) is 30.6. The van der Waals surface area contributed by atoms with Gasteiger partial charge in [-0.1, -0.05) is 12.2 Å². The van der Waals surface area contributed by atoms with Crippen molar-refractivity contribution in [2.75, 3.05) is 19.8 Å². The van der Waals surface area contributed by atoms with Crippen molar-refractivity contribution in [3.8, 4) is 10.6 Å². The molecule has 0 spiro atoms. The van der Waals surface area contributed by atoms with Gasteiger partial charge in [0.1, 0.15) is 22.6 Å². The summed E-state index contributed by atoms with van der Waals surface area (Å²) in [4.78, 5) is 39.7. The zero-order chi connectivity index (χ0) is 32.2. The van der Waals surface area contributed by atoms with Crippen molar-refractivity contribution in [2.45, 2.75) is 57.2 Å². The standard InChI is InChI=1S/C32H32N8O3S4/c1-17-9-26-34-12-19(13-40(26)37-17)32-36-30-28(47-32)21(29(33)42)14-38(30)15-27(41)39-6-2-7-43-16-22(39)31(44)35-20-4-3-18(10-20)24-11-25-23(46-24)5-8-45-25/h5,8-9,11-14,18,20,22H,2-4,6-7,10,15-16H2,1H3,(H2,33,42)(H,35,44)/t18?,20?,22-/m1/s1. The monoisotopic (exact) mass is 704 g/mol. The number of aromatic nitrogens is 5. The Morgan fingerprint density at radius 1 is 1.19 bits per heavy atom. The lowest BCUT2D eigenvalue weighted by Gasteiger charge is -2.31. The minimum Gasteiger partial charge on any atom is -0.379 e. The van der Waals surface area contributed by atoms with Crippen LogP contribution in [0.2, 0.25) is 0 Å². The highest BCUT2D eigenvalue weighted by molar-refractivity contribution is 7.80. The summed E-state index contributed by atoms with van der Waals surface area (Å²) >= 11 is 11.0. The Kier molecular flexibility index (Phi) is 8.04. The molecule has 242 valence electrons. The van der Waals surface area contributed by atoms with Gasteiger partial charge in [-0.25, -0.2) is 14.5 Å². The Hall–Kier alpha value is -3.76. The zero-order valence-corrected chi connectivity index (χ0v) is 28.8. The van der Waals surface area contributed by atoms with Gasteiger partial charge in [-0.15, -0.1) is 34.0 Å². The number of carbonyl (C=O) groups is 2. The molecule has 7 heterocycles. The second-order valence-electron chi connectivity index (χ2n) is 12.2. The molecule has 2 aliphatic rings. The number of hydrogen-bond acceptors (Lipinski definition) is 10. The Bertz CT molecular complexity index is 2130. The largest absolute Gasteiger partial charge is 0.379 e. The molecule has 1 aliphatic carbocycles. The van der Waals surface area contributed by atoms with Gasteiger partial charge in [0.2, 0.25) is 5.91 Å². The maximum Gasteiger partial charge on any atom is 0.251 e. The Morgan fingerprint density at radius 2 is 2.09 bits per heavy atom. The van der Waals surface area contributed by atoms with Gasteiger partial charge in [-0.2, -0.15) is 5.10 Å². The number of thiazole rings is 1. The number of nitrogens with two attached hydrogens (primary N) is 1.